The number of nitrogens with zero attached hydrogens (tertiary/aromatic N) is 2. The lowest BCUT2D eigenvalue weighted by Gasteiger charge is -2.29. The number of carbonyl (C=O) groups is 3. The van der Waals surface area contributed by atoms with E-state index in [-0.39, 0.29) is 17.2 Å². The van der Waals surface area contributed by atoms with Crippen molar-refractivity contribution in [3.63, 3.8) is 0 Å². The summed E-state index contributed by atoms with van der Waals surface area (Å²) in [6.45, 7) is 1.80. The largest absolute Gasteiger partial charge is 0.480 e. The van der Waals surface area contributed by atoms with Crippen molar-refractivity contribution in [2.45, 2.75) is 19.9 Å². The van der Waals surface area contributed by atoms with Gasteiger partial charge >= 0.3 is 5.97 Å². The van der Waals surface area contributed by atoms with Crippen molar-refractivity contribution in [3.8, 4) is 0 Å². The third kappa shape index (κ3) is 3.85. The Kier molecular flexibility index (Phi) is 5.39. The van der Waals surface area contributed by atoms with Crippen molar-refractivity contribution < 1.29 is 19.5 Å². The van der Waals surface area contributed by atoms with E-state index < -0.39 is 17.8 Å². The fourth-order valence-corrected chi connectivity index (χ4v) is 3.88. The molecule has 1 saturated heterocycles. The summed E-state index contributed by atoms with van der Waals surface area (Å²) < 4.78 is 1.57. The Hall–Kier alpha value is -3.78. The lowest BCUT2D eigenvalue weighted by molar-refractivity contribution is -0.137. The predicted octanol–water partition coefficient (Wildman–Crippen LogP) is 3.12. The first kappa shape index (κ1) is 20.5. The summed E-state index contributed by atoms with van der Waals surface area (Å²) in [5.74, 6) is -2.11. The predicted molar refractivity (Wildman–Crippen MR) is 122 cm³/mol. The summed E-state index contributed by atoms with van der Waals surface area (Å²) in [4.78, 5) is 38.3. The smallest absolute Gasteiger partial charge is 0.323 e. The van der Waals surface area contributed by atoms with Gasteiger partial charge in [-0.05, 0) is 48.5 Å². The Morgan fingerprint density at radius 2 is 1.84 bits per heavy atom. The highest BCUT2D eigenvalue weighted by molar-refractivity contribution is 7.80. The molecule has 1 fully saturated rings. The molecular formula is C23H19N3O4S. The molecule has 0 radical (unpaired) electrons. The summed E-state index contributed by atoms with van der Waals surface area (Å²) in [7, 11) is 0. The molecule has 0 unspecified atom stereocenters. The van der Waals surface area contributed by atoms with Crippen LogP contribution in [0.25, 0.3) is 17.0 Å². The summed E-state index contributed by atoms with van der Waals surface area (Å²) in [5.41, 5.74) is 2.87. The fourth-order valence-electron chi connectivity index (χ4n) is 3.59. The molecule has 3 aromatic rings. The molecule has 0 saturated carbocycles. The molecule has 1 aliphatic heterocycles. The number of amides is 2. The van der Waals surface area contributed by atoms with E-state index in [2.05, 4.69) is 5.32 Å². The SMILES string of the molecule is CCc1ccc(N2C(=O)/C(=C/c3cn(CC(=O)O)c4ccccc34)C(=O)NC2=S)cc1. The number of fused-ring (bicyclic) bond motifs is 1. The Balaban J connectivity index is 1.78. The first-order valence-corrected chi connectivity index (χ1v) is 10.1. The molecule has 8 heteroatoms. The summed E-state index contributed by atoms with van der Waals surface area (Å²) in [6.07, 6.45) is 3.97. The second-order valence-corrected chi connectivity index (χ2v) is 7.49. The molecule has 2 amide bonds. The highest BCUT2D eigenvalue weighted by Crippen LogP contribution is 2.27. The number of nitrogens with one attached hydrogen (secondary N) is 1. The fraction of sp³-hybridized carbons (Fsp3) is 0.130. The number of anilines is 1. The van der Waals surface area contributed by atoms with Gasteiger partial charge in [-0.15, -0.1) is 0 Å². The highest BCUT2D eigenvalue weighted by Gasteiger charge is 2.34. The van der Waals surface area contributed by atoms with E-state index in [1.165, 1.54) is 11.0 Å². The van der Waals surface area contributed by atoms with E-state index >= 15 is 0 Å². The minimum Gasteiger partial charge on any atom is -0.480 e. The molecule has 0 aliphatic carbocycles. The number of aromatic nitrogens is 1. The lowest BCUT2D eigenvalue weighted by Crippen LogP contribution is -2.54. The van der Waals surface area contributed by atoms with Crippen LogP contribution in [0, 0.1) is 0 Å². The Bertz CT molecular complexity index is 1260. The van der Waals surface area contributed by atoms with Gasteiger partial charge in [0.15, 0.2) is 5.11 Å². The van der Waals surface area contributed by atoms with Gasteiger partial charge in [0.25, 0.3) is 11.8 Å². The summed E-state index contributed by atoms with van der Waals surface area (Å²) in [5, 5.41) is 12.5. The van der Waals surface area contributed by atoms with Crippen molar-refractivity contribution in [2.75, 3.05) is 4.90 Å². The number of hydrogen-bond donors (Lipinski definition) is 2. The highest BCUT2D eigenvalue weighted by atomic mass is 32.1. The van der Waals surface area contributed by atoms with Crippen molar-refractivity contribution in [2.24, 2.45) is 0 Å². The summed E-state index contributed by atoms with van der Waals surface area (Å²) >= 11 is 5.25. The van der Waals surface area contributed by atoms with Gasteiger partial charge in [0.05, 0.1) is 5.69 Å². The van der Waals surface area contributed by atoms with E-state index in [1.54, 1.807) is 35.0 Å². The number of para-hydroxylation sites is 1. The van der Waals surface area contributed by atoms with Gasteiger partial charge in [0, 0.05) is 22.7 Å². The van der Waals surface area contributed by atoms with Crippen molar-refractivity contribution in [1.82, 2.24) is 9.88 Å². The van der Waals surface area contributed by atoms with E-state index in [9.17, 15) is 19.5 Å². The van der Waals surface area contributed by atoms with E-state index in [0.717, 1.165) is 17.4 Å². The number of rotatable bonds is 5. The van der Waals surface area contributed by atoms with Gasteiger partial charge in [0.1, 0.15) is 12.1 Å². The van der Waals surface area contributed by atoms with Gasteiger partial charge in [-0.1, -0.05) is 37.3 Å². The average Bonchev–Trinajstić information content (AvgIpc) is 3.08. The van der Waals surface area contributed by atoms with Gasteiger partial charge in [-0.3, -0.25) is 24.6 Å². The van der Waals surface area contributed by atoms with Crippen LogP contribution in [-0.4, -0.2) is 32.6 Å². The van der Waals surface area contributed by atoms with Crippen molar-refractivity contribution in [3.05, 3.63) is 71.4 Å². The number of carbonyl (C=O) groups excluding carboxylic acids is 2. The number of aliphatic carboxylic acids is 1. The number of aryl methyl sites for hydroxylation is 1. The number of thiocarbonyl (C=S) groups is 1. The molecule has 0 atom stereocenters. The maximum atomic E-state index is 13.2. The molecule has 2 aromatic carbocycles. The topological polar surface area (TPSA) is 91.6 Å². The molecule has 0 bridgehead atoms. The van der Waals surface area contributed by atoms with E-state index in [4.69, 9.17) is 12.2 Å². The zero-order valence-electron chi connectivity index (χ0n) is 16.7. The number of carboxylic acids is 1. The maximum absolute atomic E-state index is 13.2. The minimum absolute atomic E-state index is 0.0182. The molecular weight excluding hydrogens is 414 g/mol. The number of hydrogen-bond acceptors (Lipinski definition) is 4. The monoisotopic (exact) mass is 433 g/mol. The molecule has 1 aliphatic rings. The third-order valence-corrected chi connectivity index (χ3v) is 5.41. The van der Waals surface area contributed by atoms with Crippen molar-refractivity contribution in [1.29, 1.82) is 0 Å². The first-order chi connectivity index (χ1) is 14.9. The quantitative estimate of drug-likeness (QED) is 0.367. The Labute approximate surface area is 183 Å². The average molecular weight is 433 g/mol. The molecule has 7 nitrogen and oxygen atoms in total. The van der Waals surface area contributed by atoms with Crippen LogP contribution in [-0.2, 0) is 27.3 Å². The third-order valence-electron chi connectivity index (χ3n) is 5.13. The molecule has 2 heterocycles. The minimum atomic E-state index is -0.988. The molecule has 0 spiro atoms. The zero-order chi connectivity index (χ0) is 22.1. The second-order valence-electron chi connectivity index (χ2n) is 7.10. The van der Waals surface area contributed by atoms with Gasteiger partial charge in [-0.25, -0.2) is 0 Å². The van der Waals surface area contributed by atoms with Gasteiger partial charge < -0.3 is 9.67 Å². The molecule has 31 heavy (non-hydrogen) atoms. The van der Waals surface area contributed by atoms with Gasteiger partial charge in [0.2, 0.25) is 0 Å². The van der Waals surface area contributed by atoms with Crippen LogP contribution in [0.4, 0.5) is 5.69 Å². The van der Waals surface area contributed by atoms with Crippen LogP contribution in [0.3, 0.4) is 0 Å². The summed E-state index contributed by atoms with van der Waals surface area (Å²) in [6, 6.07) is 14.6. The zero-order valence-corrected chi connectivity index (χ0v) is 17.5. The normalized spacial score (nSPS) is 15.6. The second kappa shape index (κ2) is 8.16. The standard InChI is InChI=1S/C23H19N3O4S/c1-2-14-7-9-16(10-8-14)26-22(30)18(21(29)24-23(26)31)11-15-12-25(13-20(27)28)19-6-4-3-5-17(15)19/h3-12H,2,13H2,1H3,(H,27,28)(H,24,29,31)/b18-11+. The van der Waals surface area contributed by atoms with Gasteiger partial charge in [-0.2, -0.15) is 0 Å². The Morgan fingerprint density at radius 1 is 1.13 bits per heavy atom. The molecule has 1 aromatic heterocycles. The lowest BCUT2D eigenvalue weighted by atomic mass is 10.1. The molecule has 156 valence electrons. The maximum Gasteiger partial charge on any atom is 0.323 e. The van der Waals surface area contributed by atoms with Crippen LogP contribution in [0.15, 0.2) is 60.3 Å². The first-order valence-electron chi connectivity index (χ1n) is 9.69. The van der Waals surface area contributed by atoms with E-state index in [0.29, 0.717) is 16.8 Å². The van der Waals surface area contributed by atoms with E-state index in [1.807, 2.05) is 31.2 Å². The van der Waals surface area contributed by atoms with Crippen LogP contribution < -0.4 is 10.2 Å². The Morgan fingerprint density at radius 3 is 2.52 bits per heavy atom. The number of benzene rings is 2. The van der Waals surface area contributed by atoms with Crippen LogP contribution in [0.5, 0.6) is 0 Å². The molecule has 4 rings (SSSR count). The number of carboxylic acid groups (broad SMARTS) is 1. The van der Waals surface area contributed by atoms with Crippen LogP contribution in [0.2, 0.25) is 0 Å². The van der Waals surface area contributed by atoms with Crippen molar-refractivity contribution >= 4 is 57.8 Å². The van der Waals surface area contributed by atoms with Crippen LogP contribution in [0.1, 0.15) is 18.1 Å². The molecule has 2 N–H and O–H groups in total. The van der Waals surface area contributed by atoms with Crippen LogP contribution >= 0.6 is 12.2 Å².